The normalized spacial score (nSPS) is 28.5. The van der Waals surface area contributed by atoms with Crippen LogP contribution in [0.1, 0.15) is 38.2 Å². The zero-order valence-electron chi connectivity index (χ0n) is 14.7. The molecule has 1 saturated carbocycles. The van der Waals surface area contributed by atoms with E-state index < -0.39 is 0 Å². The average Bonchev–Trinajstić information content (AvgIpc) is 2.62. The summed E-state index contributed by atoms with van der Waals surface area (Å²) in [7, 11) is 0. The van der Waals surface area contributed by atoms with Gasteiger partial charge in [-0.1, -0.05) is 50.1 Å². The van der Waals surface area contributed by atoms with Crippen molar-refractivity contribution >= 4 is 5.91 Å². The highest BCUT2D eigenvalue weighted by Gasteiger charge is 2.27. The summed E-state index contributed by atoms with van der Waals surface area (Å²) in [5, 5.41) is 3.13. The minimum absolute atomic E-state index is 0.0615. The van der Waals surface area contributed by atoms with Crippen LogP contribution in [0.3, 0.4) is 0 Å². The molecule has 4 heteroatoms. The average molecular weight is 330 g/mol. The van der Waals surface area contributed by atoms with Crippen molar-refractivity contribution in [3.05, 3.63) is 35.9 Å². The maximum Gasteiger partial charge on any atom is 0.250 e. The second-order valence-electron chi connectivity index (χ2n) is 7.45. The fourth-order valence-corrected chi connectivity index (χ4v) is 3.74. The lowest BCUT2D eigenvalue weighted by Gasteiger charge is -2.33. The molecule has 1 N–H and O–H groups in total. The summed E-state index contributed by atoms with van der Waals surface area (Å²) in [6, 6.07) is 10.4. The minimum atomic E-state index is -0.329. The van der Waals surface area contributed by atoms with Crippen LogP contribution in [0, 0.1) is 11.8 Å². The second-order valence-corrected chi connectivity index (χ2v) is 7.45. The molecular formula is C20H30N2O2. The summed E-state index contributed by atoms with van der Waals surface area (Å²) in [6.45, 7) is 6.22. The highest BCUT2D eigenvalue weighted by atomic mass is 16.5. The topological polar surface area (TPSA) is 41.6 Å². The predicted molar refractivity (Wildman–Crippen MR) is 95.6 cm³/mol. The van der Waals surface area contributed by atoms with E-state index in [0.717, 1.165) is 25.6 Å². The van der Waals surface area contributed by atoms with Crippen LogP contribution in [0.15, 0.2) is 30.3 Å². The number of nitrogens with zero attached hydrogens (tertiary/aromatic N) is 1. The van der Waals surface area contributed by atoms with E-state index >= 15 is 0 Å². The zero-order valence-corrected chi connectivity index (χ0v) is 14.7. The molecule has 1 aromatic rings. The van der Waals surface area contributed by atoms with Gasteiger partial charge in [0.15, 0.2) is 0 Å². The van der Waals surface area contributed by atoms with Crippen LogP contribution in [-0.4, -0.2) is 43.2 Å². The van der Waals surface area contributed by atoms with Gasteiger partial charge in [0.1, 0.15) is 6.10 Å². The molecule has 0 bridgehead atoms. The number of hydrogen-bond acceptors (Lipinski definition) is 3. The van der Waals surface area contributed by atoms with E-state index in [1.165, 1.54) is 31.2 Å². The molecule has 2 fully saturated rings. The molecule has 0 aromatic heterocycles. The van der Waals surface area contributed by atoms with Crippen molar-refractivity contribution < 1.29 is 9.53 Å². The van der Waals surface area contributed by atoms with Crippen molar-refractivity contribution in [3.63, 3.8) is 0 Å². The minimum Gasteiger partial charge on any atom is -0.366 e. The Kier molecular flexibility index (Phi) is 6.27. The fraction of sp³-hybridized carbons (Fsp3) is 0.650. The lowest BCUT2D eigenvalue weighted by atomic mass is 9.83. The van der Waals surface area contributed by atoms with E-state index in [-0.39, 0.29) is 12.0 Å². The lowest BCUT2D eigenvalue weighted by Crippen LogP contribution is -2.50. The molecule has 0 spiro atoms. The van der Waals surface area contributed by atoms with E-state index in [2.05, 4.69) is 41.4 Å². The molecule has 1 atom stereocenters. The first kappa shape index (κ1) is 17.4. The van der Waals surface area contributed by atoms with Crippen LogP contribution < -0.4 is 5.32 Å². The van der Waals surface area contributed by atoms with Crippen LogP contribution >= 0.6 is 0 Å². The molecule has 24 heavy (non-hydrogen) atoms. The fourth-order valence-electron chi connectivity index (χ4n) is 3.74. The number of carbonyl (C=O) groups excluding carboxylic acids is 1. The summed E-state index contributed by atoms with van der Waals surface area (Å²) in [4.78, 5) is 14.8. The molecule has 1 aliphatic heterocycles. The number of nitrogens with one attached hydrogen (secondary N) is 1. The summed E-state index contributed by atoms with van der Waals surface area (Å²) in [6.07, 6.45) is 4.75. The van der Waals surface area contributed by atoms with Gasteiger partial charge in [0, 0.05) is 26.2 Å². The van der Waals surface area contributed by atoms with Crippen molar-refractivity contribution in [1.29, 1.82) is 0 Å². The van der Waals surface area contributed by atoms with E-state index in [1.807, 2.05) is 6.07 Å². The zero-order chi connectivity index (χ0) is 16.8. The van der Waals surface area contributed by atoms with Crippen molar-refractivity contribution in [2.45, 2.75) is 45.3 Å². The van der Waals surface area contributed by atoms with Crippen LogP contribution in [-0.2, 0) is 16.1 Å². The third-order valence-electron chi connectivity index (χ3n) is 5.39. The van der Waals surface area contributed by atoms with Gasteiger partial charge in [-0.2, -0.15) is 0 Å². The Morgan fingerprint density at radius 2 is 1.96 bits per heavy atom. The summed E-state index contributed by atoms with van der Waals surface area (Å²) < 4.78 is 5.71. The van der Waals surface area contributed by atoms with E-state index in [9.17, 15) is 4.79 Å². The van der Waals surface area contributed by atoms with E-state index in [4.69, 9.17) is 4.74 Å². The molecule has 1 heterocycles. The first-order valence-corrected chi connectivity index (χ1v) is 9.36. The molecule has 3 rings (SSSR count). The monoisotopic (exact) mass is 330 g/mol. The Morgan fingerprint density at radius 1 is 1.21 bits per heavy atom. The molecule has 4 nitrogen and oxygen atoms in total. The van der Waals surface area contributed by atoms with Crippen LogP contribution in [0.2, 0.25) is 0 Å². The van der Waals surface area contributed by atoms with Gasteiger partial charge in [-0.3, -0.25) is 9.69 Å². The Hall–Kier alpha value is -1.39. The molecule has 132 valence electrons. The van der Waals surface area contributed by atoms with Gasteiger partial charge in [-0.05, 0) is 30.2 Å². The lowest BCUT2D eigenvalue weighted by molar-refractivity contribution is -0.139. The number of amides is 1. The Morgan fingerprint density at radius 3 is 2.71 bits per heavy atom. The quantitative estimate of drug-likeness (QED) is 0.903. The van der Waals surface area contributed by atoms with Crippen LogP contribution in [0.4, 0.5) is 0 Å². The largest absolute Gasteiger partial charge is 0.366 e. The van der Waals surface area contributed by atoms with Gasteiger partial charge in [0.2, 0.25) is 5.91 Å². The number of benzene rings is 1. The maximum absolute atomic E-state index is 12.4. The molecule has 1 saturated heterocycles. The van der Waals surface area contributed by atoms with Crippen molar-refractivity contribution in [1.82, 2.24) is 10.2 Å². The second kappa shape index (κ2) is 8.63. The third-order valence-corrected chi connectivity index (χ3v) is 5.39. The van der Waals surface area contributed by atoms with E-state index in [1.54, 1.807) is 0 Å². The maximum atomic E-state index is 12.4. The summed E-state index contributed by atoms with van der Waals surface area (Å²) >= 11 is 0. The van der Waals surface area contributed by atoms with Gasteiger partial charge >= 0.3 is 0 Å². The van der Waals surface area contributed by atoms with Crippen molar-refractivity contribution in [2.75, 3.05) is 26.2 Å². The SMILES string of the molecule is CC1CCC(CNC(=O)C2CN(Cc3ccccc3)CCO2)CC1. The standard InChI is InChI=1S/C20H30N2O2/c1-16-7-9-17(10-8-16)13-21-20(23)19-15-22(11-12-24-19)14-18-5-3-2-4-6-18/h2-6,16-17,19H,7-15H2,1H3,(H,21,23). The Balaban J connectivity index is 1.43. The highest BCUT2D eigenvalue weighted by Crippen LogP contribution is 2.27. The van der Waals surface area contributed by atoms with Gasteiger partial charge in [-0.15, -0.1) is 0 Å². The summed E-state index contributed by atoms with van der Waals surface area (Å²) in [5.41, 5.74) is 1.29. The van der Waals surface area contributed by atoms with Gasteiger partial charge in [-0.25, -0.2) is 0 Å². The Bertz CT molecular complexity index is 512. The van der Waals surface area contributed by atoms with Crippen molar-refractivity contribution in [2.24, 2.45) is 11.8 Å². The molecule has 1 unspecified atom stereocenters. The molecular weight excluding hydrogens is 300 g/mol. The third kappa shape index (κ3) is 5.05. The molecule has 2 aliphatic rings. The predicted octanol–water partition coefficient (Wildman–Crippen LogP) is 2.83. The number of morpholine rings is 1. The first-order valence-electron chi connectivity index (χ1n) is 9.36. The number of rotatable bonds is 5. The first-order chi connectivity index (χ1) is 11.7. The molecule has 0 radical (unpaired) electrons. The number of hydrogen-bond donors (Lipinski definition) is 1. The molecule has 1 aliphatic carbocycles. The van der Waals surface area contributed by atoms with E-state index in [0.29, 0.717) is 19.1 Å². The number of ether oxygens (including phenoxy) is 1. The van der Waals surface area contributed by atoms with Crippen LogP contribution in [0.5, 0.6) is 0 Å². The Labute approximate surface area is 145 Å². The molecule has 1 aromatic carbocycles. The molecule has 1 amide bonds. The summed E-state index contributed by atoms with van der Waals surface area (Å²) in [5.74, 6) is 1.56. The van der Waals surface area contributed by atoms with Gasteiger partial charge < -0.3 is 10.1 Å². The highest BCUT2D eigenvalue weighted by molar-refractivity contribution is 5.81. The van der Waals surface area contributed by atoms with Gasteiger partial charge in [0.25, 0.3) is 0 Å². The smallest absolute Gasteiger partial charge is 0.250 e. The van der Waals surface area contributed by atoms with Crippen molar-refractivity contribution in [3.8, 4) is 0 Å². The number of carbonyl (C=O) groups is 1. The van der Waals surface area contributed by atoms with Crippen LogP contribution in [0.25, 0.3) is 0 Å². The van der Waals surface area contributed by atoms with Gasteiger partial charge in [0.05, 0.1) is 6.61 Å².